The van der Waals surface area contributed by atoms with Gasteiger partial charge in [0, 0.05) is 30.1 Å². The number of anilines is 2. The van der Waals surface area contributed by atoms with Crippen LogP contribution in [0.25, 0.3) is 0 Å². The van der Waals surface area contributed by atoms with Crippen molar-refractivity contribution in [2.24, 2.45) is 5.92 Å². The van der Waals surface area contributed by atoms with E-state index in [0.717, 1.165) is 0 Å². The molecule has 0 saturated heterocycles. The van der Waals surface area contributed by atoms with E-state index in [4.69, 9.17) is 5.26 Å². The van der Waals surface area contributed by atoms with Crippen LogP contribution >= 0.6 is 0 Å². The lowest BCUT2D eigenvalue weighted by Gasteiger charge is -2.43. The Morgan fingerprint density at radius 2 is 2.08 bits per heavy atom. The maximum atomic E-state index is 13.9. The minimum absolute atomic E-state index is 0.00985. The number of hydrogen-bond donors (Lipinski definition) is 1. The Balaban J connectivity index is 2.03. The van der Waals surface area contributed by atoms with E-state index in [1.165, 1.54) is 31.5 Å². The van der Waals surface area contributed by atoms with Crippen LogP contribution in [0.3, 0.4) is 0 Å². The van der Waals surface area contributed by atoms with Crippen LogP contribution in [0.5, 0.6) is 0 Å². The lowest BCUT2D eigenvalue weighted by molar-refractivity contribution is -0.117. The Morgan fingerprint density at radius 1 is 1.32 bits per heavy atom. The fourth-order valence-electron chi connectivity index (χ4n) is 3.30. The first kappa shape index (κ1) is 16.8. The van der Waals surface area contributed by atoms with Gasteiger partial charge in [-0.1, -0.05) is 6.92 Å². The van der Waals surface area contributed by atoms with Gasteiger partial charge < -0.3 is 10.2 Å². The molecule has 0 saturated carbocycles. The second-order valence-electron chi connectivity index (χ2n) is 6.21. The van der Waals surface area contributed by atoms with Gasteiger partial charge in [-0.25, -0.2) is 14.4 Å². The Bertz CT molecular complexity index is 846. The number of fused-ring (bicyclic) bond motifs is 1. The number of rotatable bonds is 2. The highest BCUT2D eigenvalue weighted by Gasteiger charge is 2.38. The Kier molecular flexibility index (Phi) is 4.36. The second kappa shape index (κ2) is 6.48. The number of carbonyl (C=O) groups excluding carboxylic acids is 1. The van der Waals surface area contributed by atoms with Gasteiger partial charge in [0.15, 0.2) is 5.69 Å². The molecule has 1 aromatic heterocycles. The normalized spacial score (nSPS) is 22.0. The van der Waals surface area contributed by atoms with E-state index < -0.39 is 0 Å². The molecule has 0 fully saturated rings. The van der Waals surface area contributed by atoms with Gasteiger partial charge in [-0.3, -0.25) is 4.79 Å². The van der Waals surface area contributed by atoms with E-state index in [9.17, 15) is 9.18 Å². The molecular weight excluding hydrogens is 321 g/mol. The summed E-state index contributed by atoms with van der Waals surface area (Å²) in [6.45, 7) is 5.48. The van der Waals surface area contributed by atoms with E-state index in [-0.39, 0.29) is 35.4 Å². The minimum Gasteiger partial charge on any atom is -0.362 e. The topological polar surface area (TPSA) is 81.9 Å². The Hall–Kier alpha value is -3.01. The molecule has 0 unspecified atom stereocenters. The van der Waals surface area contributed by atoms with Crippen LogP contribution < -0.4 is 10.2 Å². The highest BCUT2D eigenvalue weighted by Crippen LogP contribution is 2.42. The van der Waals surface area contributed by atoms with Crippen LogP contribution in [0.1, 0.15) is 38.1 Å². The van der Waals surface area contributed by atoms with Crippen LogP contribution in [0.2, 0.25) is 0 Å². The first-order valence-corrected chi connectivity index (χ1v) is 8.00. The molecule has 2 heterocycles. The van der Waals surface area contributed by atoms with E-state index in [1.807, 2.05) is 19.9 Å². The summed E-state index contributed by atoms with van der Waals surface area (Å²) < 4.78 is 13.9. The summed E-state index contributed by atoms with van der Waals surface area (Å²) in [5, 5.41) is 12.1. The number of nitrogens with one attached hydrogen (secondary N) is 1. The van der Waals surface area contributed by atoms with Crippen molar-refractivity contribution in [3.05, 3.63) is 47.7 Å². The molecule has 1 aliphatic heterocycles. The fourth-order valence-corrected chi connectivity index (χ4v) is 3.30. The third kappa shape index (κ3) is 3.03. The highest BCUT2D eigenvalue weighted by atomic mass is 19.1. The zero-order chi connectivity index (χ0) is 18.1. The smallest absolute Gasteiger partial charge is 0.224 e. The average molecular weight is 339 g/mol. The lowest BCUT2D eigenvalue weighted by Crippen LogP contribution is -2.48. The van der Waals surface area contributed by atoms with Crippen molar-refractivity contribution in [2.75, 3.05) is 10.2 Å². The van der Waals surface area contributed by atoms with Crippen molar-refractivity contribution >= 4 is 17.4 Å². The molecule has 0 spiro atoms. The molecule has 1 aromatic carbocycles. The standard InChI is InChI=1S/C18H18FN5O/c1-10-11(2)24(12(3)25)16-5-4-13(19)6-15(16)18(10)23-17-9-21-14(7-20)8-22-17/h4-6,8-11,18H,1-3H3,(H,22,23)/t10-,11-,18+/m0/s1. The molecule has 3 atom stereocenters. The van der Waals surface area contributed by atoms with Crippen LogP contribution in [0.15, 0.2) is 30.6 Å². The van der Waals surface area contributed by atoms with E-state index in [1.54, 1.807) is 11.0 Å². The number of nitrogens with zero attached hydrogens (tertiary/aromatic N) is 4. The predicted molar refractivity (Wildman–Crippen MR) is 91.3 cm³/mol. The van der Waals surface area contributed by atoms with Gasteiger partial charge in [0.1, 0.15) is 17.7 Å². The summed E-state index contributed by atoms with van der Waals surface area (Å²) in [5.41, 5.74) is 1.62. The molecule has 6 nitrogen and oxygen atoms in total. The van der Waals surface area contributed by atoms with Crippen molar-refractivity contribution in [3.8, 4) is 6.07 Å². The Morgan fingerprint density at radius 3 is 2.68 bits per heavy atom. The van der Waals surface area contributed by atoms with Gasteiger partial charge >= 0.3 is 0 Å². The summed E-state index contributed by atoms with van der Waals surface area (Å²) in [6, 6.07) is 6.05. The van der Waals surface area contributed by atoms with Crippen molar-refractivity contribution in [3.63, 3.8) is 0 Å². The van der Waals surface area contributed by atoms with Crippen LogP contribution in [-0.2, 0) is 4.79 Å². The number of nitriles is 1. The van der Waals surface area contributed by atoms with Gasteiger partial charge in [0.25, 0.3) is 0 Å². The molecule has 128 valence electrons. The van der Waals surface area contributed by atoms with Gasteiger partial charge in [0.2, 0.25) is 5.91 Å². The number of halogens is 1. The van der Waals surface area contributed by atoms with Crippen molar-refractivity contribution in [1.82, 2.24) is 9.97 Å². The number of aromatic nitrogens is 2. The summed E-state index contributed by atoms with van der Waals surface area (Å²) in [5.74, 6) is 0.0655. The molecule has 2 aromatic rings. The quantitative estimate of drug-likeness (QED) is 0.909. The second-order valence-corrected chi connectivity index (χ2v) is 6.21. The van der Waals surface area contributed by atoms with Gasteiger partial charge in [-0.05, 0) is 25.1 Å². The van der Waals surface area contributed by atoms with E-state index >= 15 is 0 Å². The van der Waals surface area contributed by atoms with Crippen LogP contribution in [0, 0.1) is 23.1 Å². The first-order valence-electron chi connectivity index (χ1n) is 8.00. The minimum atomic E-state index is -0.360. The number of hydrogen-bond acceptors (Lipinski definition) is 5. The summed E-state index contributed by atoms with van der Waals surface area (Å²) in [6.07, 6.45) is 2.86. The molecule has 1 aliphatic rings. The third-order valence-electron chi connectivity index (χ3n) is 4.69. The maximum absolute atomic E-state index is 13.9. The molecule has 7 heteroatoms. The molecule has 1 amide bonds. The lowest BCUT2D eigenvalue weighted by atomic mass is 9.82. The zero-order valence-electron chi connectivity index (χ0n) is 14.2. The van der Waals surface area contributed by atoms with Crippen molar-refractivity contribution < 1.29 is 9.18 Å². The fraction of sp³-hybridized carbons (Fsp3) is 0.333. The Labute approximate surface area is 145 Å². The summed E-state index contributed by atoms with van der Waals surface area (Å²) in [4.78, 5) is 22.0. The zero-order valence-corrected chi connectivity index (χ0v) is 14.2. The maximum Gasteiger partial charge on any atom is 0.224 e. The van der Waals surface area contributed by atoms with E-state index in [2.05, 4.69) is 15.3 Å². The van der Waals surface area contributed by atoms with Gasteiger partial charge in [-0.15, -0.1) is 0 Å². The molecule has 25 heavy (non-hydrogen) atoms. The number of amides is 1. The van der Waals surface area contributed by atoms with Gasteiger partial charge in [-0.2, -0.15) is 5.26 Å². The monoisotopic (exact) mass is 339 g/mol. The molecule has 0 bridgehead atoms. The predicted octanol–water partition coefficient (Wildman–Crippen LogP) is 3.03. The van der Waals surface area contributed by atoms with Crippen molar-refractivity contribution in [1.29, 1.82) is 5.26 Å². The molecule has 1 N–H and O–H groups in total. The van der Waals surface area contributed by atoms with Gasteiger partial charge in [0.05, 0.1) is 18.4 Å². The summed E-state index contributed by atoms with van der Waals surface area (Å²) >= 11 is 0. The summed E-state index contributed by atoms with van der Waals surface area (Å²) in [7, 11) is 0. The highest BCUT2D eigenvalue weighted by molar-refractivity contribution is 5.93. The third-order valence-corrected chi connectivity index (χ3v) is 4.69. The van der Waals surface area contributed by atoms with Crippen LogP contribution in [-0.4, -0.2) is 21.9 Å². The first-order chi connectivity index (χ1) is 11.9. The number of carbonyl (C=O) groups is 1. The molecule has 0 radical (unpaired) electrons. The number of benzene rings is 1. The van der Waals surface area contributed by atoms with Crippen LogP contribution in [0.4, 0.5) is 15.9 Å². The molecule has 0 aliphatic carbocycles. The average Bonchev–Trinajstić information content (AvgIpc) is 2.60. The van der Waals surface area contributed by atoms with E-state index in [0.29, 0.717) is 17.1 Å². The molecule has 3 rings (SSSR count). The molecular formula is C18H18FN5O. The largest absolute Gasteiger partial charge is 0.362 e. The van der Waals surface area contributed by atoms with Crippen molar-refractivity contribution in [2.45, 2.75) is 32.9 Å². The SMILES string of the molecule is CC(=O)N1c2ccc(F)cc2[C@H](Nc2cnc(C#N)cn2)[C@@H](C)[C@@H]1C.